The molecule has 5 heterocycles. The maximum Gasteiger partial charge on any atom is 0.0682 e. The highest BCUT2D eigenvalue weighted by Crippen LogP contribution is 2.39. The zero-order chi connectivity index (χ0) is 18.3. The molecule has 27 heavy (non-hydrogen) atoms. The van der Waals surface area contributed by atoms with Gasteiger partial charge in [0.1, 0.15) is 0 Å². The van der Waals surface area contributed by atoms with E-state index in [1.54, 1.807) is 0 Å². The van der Waals surface area contributed by atoms with Crippen molar-refractivity contribution in [1.29, 1.82) is 0 Å². The molecule has 2 aromatic heterocycles. The molecule has 0 aromatic carbocycles. The summed E-state index contributed by atoms with van der Waals surface area (Å²) in [5, 5.41) is 10.3. The Morgan fingerprint density at radius 1 is 0.926 bits per heavy atom. The van der Waals surface area contributed by atoms with Gasteiger partial charge >= 0.3 is 0 Å². The Morgan fingerprint density at radius 3 is 2.19 bits per heavy atom. The summed E-state index contributed by atoms with van der Waals surface area (Å²) in [5.41, 5.74) is 2.71. The van der Waals surface area contributed by atoms with E-state index < -0.39 is 0 Å². The van der Waals surface area contributed by atoms with Crippen LogP contribution in [0.25, 0.3) is 0 Å². The number of hydrogen-bond acceptors (Lipinski definition) is 6. The quantitative estimate of drug-likeness (QED) is 0.872. The molecule has 2 unspecified atom stereocenters. The van der Waals surface area contributed by atoms with Gasteiger partial charge in [-0.25, -0.2) is 0 Å². The highest BCUT2D eigenvalue weighted by molar-refractivity contribution is 5.17. The summed E-state index contributed by atoms with van der Waals surface area (Å²) in [6.45, 7) is 6.96. The molecule has 5 rings (SSSR count). The van der Waals surface area contributed by atoms with Crippen LogP contribution in [0, 0.1) is 0 Å². The minimum atomic E-state index is -0.183. The number of piperazine rings is 1. The lowest BCUT2D eigenvalue weighted by Gasteiger charge is -2.61. The summed E-state index contributed by atoms with van der Waals surface area (Å²) in [4.78, 5) is 16.2. The van der Waals surface area contributed by atoms with Crippen LogP contribution in [0.4, 0.5) is 0 Å². The summed E-state index contributed by atoms with van der Waals surface area (Å²) in [7, 11) is 0. The molecule has 1 N–H and O–H groups in total. The number of likely N-dealkylation sites (tertiary alicyclic amines) is 1. The fraction of sp³-hybridized carbons (Fsp3) is 0.524. The molecule has 0 amide bonds. The number of aromatic nitrogens is 2. The number of hydrogen-bond donors (Lipinski definition) is 1. The summed E-state index contributed by atoms with van der Waals surface area (Å²) >= 11 is 0. The first-order valence-corrected chi connectivity index (χ1v) is 9.88. The molecular formula is C21H27N5O. The van der Waals surface area contributed by atoms with Crippen LogP contribution in [-0.2, 0) is 13.1 Å². The van der Waals surface area contributed by atoms with Gasteiger partial charge in [-0.2, -0.15) is 0 Å². The molecule has 1 spiro atoms. The Morgan fingerprint density at radius 2 is 1.56 bits per heavy atom. The van der Waals surface area contributed by atoms with Gasteiger partial charge in [-0.1, -0.05) is 12.1 Å². The number of nitrogens with zero attached hydrogens (tertiary/aromatic N) is 5. The van der Waals surface area contributed by atoms with Crippen molar-refractivity contribution in [2.75, 3.05) is 32.7 Å². The lowest BCUT2D eigenvalue weighted by molar-refractivity contribution is -0.118. The van der Waals surface area contributed by atoms with Crippen molar-refractivity contribution in [3.63, 3.8) is 0 Å². The fourth-order valence-electron chi connectivity index (χ4n) is 5.32. The zero-order valence-corrected chi connectivity index (χ0v) is 15.6. The molecule has 142 valence electrons. The van der Waals surface area contributed by atoms with Crippen LogP contribution in [0.15, 0.2) is 49.1 Å². The van der Waals surface area contributed by atoms with Crippen LogP contribution in [0.1, 0.15) is 17.5 Å². The monoisotopic (exact) mass is 365 g/mol. The van der Waals surface area contributed by atoms with Crippen LogP contribution < -0.4 is 0 Å². The van der Waals surface area contributed by atoms with Crippen molar-refractivity contribution in [2.45, 2.75) is 37.2 Å². The number of pyridine rings is 2. The number of aliphatic hydroxyl groups excluding tert-OH is 1. The maximum atomic E-state index is 10.3. The van der Waals surface area contributed by atoms with E-state index in [2.05, 4.69) is 36.8 Å². The Bertz CT molecular complexity index is 765. The summed E-state index contributed by atoms with van der Waals surface area (Å²) < 4.78 is 0. The molecule has 3 aliphatic heterocycles. The van der Waals surface area contributed by atoms with Crippen molar-refractivity contribution in [2.24, 2.45) is 0 Å². The SMILES string of the molecule is OC1CC2CN(Cc3cccnc3)CC3(CN(Cc4cccnc4)C3)N2C1. The van der Waals surface area contributed by atoms with Gasteiger partial charge in [0.2, 0.25) is 0 Å². The minimum absolute atomic E-state index is 0.171. The molecular weight excluding hydrogens is 338 g/mol. The average Bonchev–Trinajstić information content (AvgIpc) is 3.03. The molecule has 0 saturated carbocycles. The predicted octanol–water partition coefficient (Wildman–Crippen LogP) is 0.982. The van der Waals surface area contributed by atoms with E-state index in [0.29, 0.717) is 6.04 Å². The molecule has 3 aliphatic rings. The van der Waals surface area contributed by atoms with Crippen molar-refractivity contribution < 1.29 is 5.11 Å². The minimum Gasteiger partial charge on any atom is -0.392 e. The van der Waals surface area contributed by atoms with Crippen molar-refractivity contribution in [1.82, 2.24) is 24.7 Å². The molecule has 3 saturated heterocycles. The number of aliphatic hydroxyl groups is 1. The molecule has 0 bridgehead atoms. The van der Waals surface area contributed by atoms with Gasteiger partial charge in [-0.15, -0.1) is 0 Å². The van der Waals surface area contributed by atoms with E-state index in [4.69, 9.17) is 0 Å². The molecule has 6 heteroatoms. The van der Waals surface area contributed by atoms with Crippen LogP contribution in [0.5, 0.6) is 0 Å². The predicted molar refractivity (Wildman–Crippen MR) is 103 cm³/mol. The second kappa shape index (κ2) is 6.95. The molecule has 2 aromatic rings. The Labute approximate surface area is 160 Å². The highest BCUT2D eigenvalue weighted by Gasteiger charge is 2.55. The van der Waals surface area contributed by atoms with Crippen molar-refractivity contribution in [3.8, 4) is 0 Å². The topological polar surface area (TPSA) is 55.7 Å². The standard InChI is InChI=1S/C21H27N5O/c27-20-7-19-12-24(10-17-3-1-5-22-8-17)14-21(26(19)13-20)15-25(16-21)11-18-4-2-6-23-9-18/h1-6,8-9,19-20,27H,7,10-16H2. The largest absolute Gasteiger partial charge is 0.392 e. The Balaban J connectivity index is 1.30. The third kappa shape index (κ3) is 3.38. The van der Waals surface area contributed by atoms with E-state index in [1.165, 1.54) is 11.1 Å². The van der Waals surface area contributed by atoms with Gasteiger partial charge in [0.05, 0.1) is 11.6 Å². The Kier molecular flexibility index (Phi) is 4.44. The number of β-amino-alcohol motifs (C(OH)–C–C–N with tert-alkyl or cyclic N) is 1. The van der Waals surface area contributed by atoms with E-state index >= 15 is 0 Å². The second-order valence-electron chi connectivity index (χ2n) is 8.46. The van der Waals surface area contributed by atoms with E-state index in [-0.39, 0.29) is 11.6 Å². The van der Waals surface area contributed by atoms with Crippen molar-refractivity contribution in [3.05, 3.63) is 60.2 Å². The van der Waals surface area contributed by atoms with Gasteiger partial charge in [0, 0.05) is 76.6 Å². The van der Waals surface area contributed by atoms with Gasteiger partial charge < -0.3 is 5.11 Å². The first kappa shape index (κ1) is 17.3. The third-order valence-corrected chi connectivity index (χ3v) is 6.28. The maximum absolute atomic E-state index is 10.3. The van der Waals surface area contributed by atoms with Crippen LogP contribution in [0.2, 0.25) is 0 Å². The van der Waals surface area contributed by atoms with Crippen LogP contribution in [-0.4, -0.2) is 80.2 Å². The van der Waals surface area contributed by atoms with E-state index in [9.17, 15) is 5.11 Å². The normalized spacial score (nSPS) is 28.2. The van der Waals surface area contributed by atoms with Gasteiger partial charge in [0.15, 0.2) is 0 Å². The number of rotatable bonds is 4. The van der Waals surface area contributed by atoms with Gasteiger partial charge in [0.25, 0.3) is 0 Å². The van der Waals surface area contributed by atoms with E-state index in [1.807, 2.05) is 36.9 Å². The molecule has 6 nitrogen and oxygen atoms in total. The molecule has 2 atom stereocenters. The van der Waals surface area contributed by atoms with E-state index in [0.717, 1.165) is 52.2 Å². The van der Waals surface area contributed by atoms with Crippen molar-refractivity contribution >= 4 is 0 Å². The first-order valence-electron chi connectivity index (χ1n) is 9.88. The summed E-state index contributed by atoms with van der Waals surface area (Å²) in [5.74, 6) is 0. The van der Waals surface area contributed by atoms with Gasteiger partial charge in [-0.05, 0) is 29.7 Å². The molecule has 0 aliphatic carbocycles. The summed E-state index contributed by atoms with van der Waals surface area (Å²) in [6, 6.07) is 8.79. The zero-order valence-electron chi connectivity index (χ0n) is 15.6. The number of fused-ring (bicyclic) bond motifs is 2. The smallest absolute Gasteiger partial charge is 0.0682 e. The molecule has 0 radical (unpaired) electrons. The third-order valence-electron chi connectivity index (χ3n) is 6.28. The molecule has 3 fully saturated rings. The van der Waals surface area contributed by atoms with Crippen LogP contribution in [0.3, 0.4) is 0 Å². The van der Waals surface area contributed by atoms with Gasteiger partial charge in [-0.3, -0.25) is 24.7 Å². The fourth-order valence-corrected chi connectivity index (χ4v) is 5.32. The lowest BCUT2D eigenvalue weighted by Crippen LogP contribution is -2.77. The second-order valence-corrected chi connectivity index (χ2v) is 8.46. The first-order chi connectivity index (χ1) is 13.2. The highest BCUT2D eigenvalue weighted by atomic mass is 16.3. The Hall–Kier alpha value is -1.86. The summed E-state index contributed by atoms with van der Waals surface area (Å²) in [6.07, 6.45) is 8.31. The lowest BCUT2D eigenvalue weighted by atomic mass is 9.83. The van der Waals surface area contributed by atoms with Crippen LogP contribution >= 0.6 is 0 Å². The average molecular weight is 365 g/mol.